The van der Waals surface area contributed by atoms with E-state index in [-0.39, 0.29) is 0 Å². The van der Waals surface area contributed by atoms with E-state index in [0.717, 1.165) is 12.4 Å². The van der Waals surface area contributed by atoms with E-state index >= 15 is 0 Å². The summed E-state index contributed by atoms with van der Waals surface area (Å²) in [6.45, 7) is 7.70. The third kappa shape index (κ3) is 1.41. The summed E-state index contributed by atoms with van der Waals surface area (Å²) < 4.78 is 5.47. The Morgan fingerprint density at radius 2 is 2.00 bits per heavy atom. The minimum absolute atomic E-state index is 0.686. The van der Waals surface area contributed by atoms with Crippen molar-refractivity contribution in [3.05, 3.63) is 34.4 Å². The number of hydrogen-bond donors (Lipinski definition) is 0. The van der Waals surface area contributed by atoms with Gasteiger partial charge in [-0.25, -0.2) is 4.99 Å². The van der Waals surface area contributed by atoms with E-state index in [0.29, 0.717) is 6.61 Å². The van der Waals surface area contributed by atoms with Gasteiger partial charge in [0.05, 0.1) is 13.2 Å². The van der Waals surface area contributed by atoms with E-state index in [2.05, 4.69) is 31.0 Å². The van der Waals surface area contributed by atoms with Crippen LogP contribution in [-0.4, -0.2) is 12.5 Å². The van der Waals surface area contributed by atoms with Crippen molar-refractivity contribution in [1.29, 1.82) is 0 Å². The molecule has 2 rings (SSSR count). The Morgan fingerprint density at radius 1 is 1.29 bits per heavy atom. The first kappa shape index (κ1) is 9.25. The second-order valence-corrected chi connectivity index (χ2v) is 3.65. The molecular weight excluding hydrogens is 174 g/mol. The molecule has 0 bridgehead atoms. The van der Waals surface area contributed by atoms with E-state index in [9.17, 15) is 0 Å². The molecule has 1 aromatic rings. The molecule has 0 spiro atoms. The van der Waals surface area contributed by atoms with Crippen LogP contribution < -0.4 is 0 Å². The monoisotopic (exact) mass is 189 g/mol. The van der Waals surface area contributed by atoms with Crippen LogP contribution in [0.15, 0.2) is 17.1 Å². The molecule has 0 radical (unpaired) electrons. The van der Waals surface area contributed by atoms with Crippen molar-refractivity contribution < 1.29 is 4.74 Å². The van der Waals surface area contributed by atoms with Gasteiger partial charge in [0.15, 0.2) is 0 Å². The van der Waals surface area contributed by atoms with Gasteiger partial charge in [-0.15, -0.1) is 0 Å². The minimum Gasteiger partial charge on any atom is -0.478 e. The van der Waals surface area contributed by atoms with Crippen LogP contribution in [0.4, 0.5) is 0 Å². The molecule has 0 N–H and O–H groups in total. The van der Waals surface area contributed by atoms with E-state index in [1.807, 2.05) is 6.92 Å². The van der Waals surface area contributed by atoms with Crippen LogP contribution in [-0.2, 0) is 11.3 Å². The minimum atomic E-state index is 0.686. The summed E-state index contributed by atoms with van der Waals surface area (Å²) in [5, 5.41) is 0. The molecule has 0 atom stereocenters. The second kappa shape index (κ2) is 3.45. The zero-order valence-electron chi connectivity index (χ0n) is 8.92. The maximum absolute atomic E-state index is 5.47. The number of rotatable bonds is 1. The summed E-state index contributed by atoms with van der Waals surface area (Å²) in [5.41, 5.74) is 5.10. The van der Waals surface area contributed by atoms with Crippen LogP contribution in [0.25, 0.3) is 0 Å². The van der Waals surface area contributed by atoms with Crippen molar-refractivity contribution in [2.45, 2.75) is 27.3 Å². The molecule has 1 aliphatic rings. The van der Waals surface area contributed by atoms with Gasteiger partial charge in [0.1, 0.15) is 0 Å². The fraction of sp³-hybridized carbons (Fsp3) is 0.417. The summed E-state index contributed by atoms with van der Waals surface area (Å²) in [7, 11) is 0. The lowest BCUT2D eigenvalue weighted by molar-refractivity contribution is 0.329. The molecule has 0 fully saturated rings. The number of ether oxygens (including phenoxy) is 1. The van der Waals surface area contributed by atoms with E-state index < -0.39 is 0 Å². The fourth-order valence-electron chi connectivity index (χ4n) is 1.71. The van der Waals surface area contributed by atoms with Crippen molar-refractivity contribution in [3.63, 3.8) is 0 Å². The van der Waals surface area contributed by atoms with Crippen LogP contribution in [0.2, 0.25) is 0 Å². The van der Waals surface area contributed by atoms with Gasteiger partial charge in [0, 0.05) is 5.56 Å². The van der Waals surface area contributed by atoms with Gasteiger partial charge in [-0.2, -0.15) is 0 Å². The first-order valence-electron chi connectivity index (χ1n) is 5.00. The van der Waals surface area contributed by atoms with Crippen molar-refractivity contribution in [1.82, 2.24) is 0 Å². The van der Waals surface area contributed by atoms with E-state index in [1.54, 1.807) is 0 Å². The maximum atomic E-state index is 5.47. The number of fused-ring (bicyclic) bond motifs is 1. The van der Waals surface area contributed by atoms with Crippen LogP contribution in [0.1, 0.15) is 29.2 Å². The molecule has 0 saturated carbocycles. The quantitative estimate of drug-likeness (QED) is 0.665. The smallest absolute Gasteiger partial charge is 0.216 e. The lowest BCUT2D eigenvalue weighted by Gasteiger charge is -2.07. The Bertz CT molecular complexity index is 394. The van der Waals surface area contributed by atoms with Gasteiger partial charge in [0.25, 0.3) is 0 Å². The Kier molecular flexibility index (Phi) is 2.28. The summed E-state index contributed by atoms with van der Waals surface area (Å²) in [4.78, 5) is 4.37. The molecule has 1 aliphatic heterocycles. The van der Waals surface area contributed by atoms with Gasteiger partial charge in [0.2, 0.25) is 5.90 Å². The predicted molar refractivity (Wildman–Crippen MR) is 57.8 cm³/mol. The average Bonchev–Trinajstić information content (AvgIpc) is 2.51. The van der Waals surface area contributed by atoms with Gasteiger partial charge < -0.3 is 4.74 Å². The van der Waals surface area contributed by atoms with Crippen LogP contribution in [0, 0.1) is 13.8 Å². The fourth-order valence-corrected chi connectivity index (χ4v) is 1.71. The Morgan fingerprint density at radius 3 is 2.71 bits per heavy atom. The van der Waals surface area contributed by atoms with Crippen LogP contribution >= 0.6 is 0 Å². The molecule has 1 heterocycles. The maximum Gasteiger partial charge on any atom is 0.216 e. The van der Waals surface area contributed by atoms with Crippen molar-refractivity contribution in [3.8, 4) is 0 Å². The van der Waals surface area contributed by atoms with E-state index in [4.69, 9.17) is 4.74 Å². The molecule has 0 aromatic heterocycles. The summed E-state index contributed by atoms with van der Waals surface area (Å²) in [6.07, 6.45) is 0. The molecule has 0 amide bonds. The van der Waals surface area contributed by atoms with Gasteiger partial charge in [-0.3, -0.25) is 0 Å². The molecule has 2 nitrogen and oxygen atoms in total. The summed E-state index contributed by atoms with van der Waals surface area (Å²) >= 11 is 0. The van der Waals surface area contributed by atoms with Crippen molar-refractivity contribution >= 4 is 5.90 Å². The zero-order chi connectivity index (χ0) is 10.1. The molecule has 0 saturated heterocycles. The lowest BCUT2D eigenvalue weighted by atomic mass is 10.0. The highest BCUT2D eigenvalue weighted by Gasteiger charge is 2.17. The number of aliphatic imine (C=N–C) groups is 1. The molecule has 0 aliphatic carbocycles. The Balaban J connectivity index is 2.41. The highest BCUT2D eigenvalue weighted by molar-refractivity contribution is 5.98. The van der Waals surface area contributed by atoms with Crippen LogP contribution in [0.3, 0.4) is 0 Å². The Labute approximate surface area is 84.6 Å². The largest absolute Gasteiger partial charge is 0.478 e. The number of nitrogens with zero attached hydrogens (tertiary/aromatic N) is 1. The predicted octanol–water partition coefficient (Wildman–Crippen LogP) is 2.60. The second-order valence-electron chi connectivity index (χ2n) is 3.65. The zero-order valence-corrected chi connectivity index (χ0v) is 8.92. The summed E-state index contributed by atoms with van der Waals surface area (Å²) in [6, 6.07) is 4.38. The van der Waals surface area contributed by atoms with Crippen molar-refractivity contribution in [2.24, 2.45) is 4.99 Å². The molecule has 2 heteroatoms. The molecule has 1 aromatic carbocycles. The number of hydrogen-bond acceptors (Lipinski definition) is 2. The molecule has 0 unspecified atom stereocenters. The average molecular weight is 189 g/mol. The van der Waals surface area contributed by atoms with Gasteiger partial charge in [-0.1, -0.05) is 6.07 Å². The van der Waals surface area contributed by atoms with E-state index in [1.165, 1.54) is 22.3 Å². The molecule has 14 heavy (non-hydrogen) atoms. The normalized spacial score (nSPS) is 13.8. The highest BCUT2D eigenvalue weighted by atomic mass is 16.5. The van der Waals surface area contributed by atoms with Gasteiger partial charge >= 0.3 is 0 Å². The standard InChI is InChI=1S/C12H15NO/c1-4-14-12-11-6-9(3)8(2)5-10(11)7-13-12/h5-6H,4,7H2,1-3H3. The first-order chi connectivity index (χ1) is 6.72. The SMILES string of the molecule is CCOC1=NCc2cc(C)c(C)cc21. The van der Waals surface area contributed by atoms with Gasteiger partial charge in [-0.05, 0) is 43.5 Å². The number of aryl methyl sites for hydroxylation is 2. The molecular formula is C12H15NO. The topological polar surface area (TPSA) is 21.6 Å². The number of benzene rings is 1. The third-order valence-corrected chi connectivity index (χ3v) is 2.62. The molecule has 74 valence electrons. The van der Waals surface area contributed by atoms with Crippen LogP contribution in [0.5, 0.6) is 0 Å². The lowest BCUT2D eigenvalue weighted by Crippen LogP contribution is -2.04. The first-order valence-corrected chi connectivity index (χ1v) is 5.00. The third-order valence-electron chi connectivity index (χ3n) is 2.62. The Hall–Kier alpha value is -1.31. The summed E-state index contributed by atoms with van der Waals surface area (Å²) in [5.74, 6) is 0.811. The highest BCUT2D eigenvalue weighted by Crippen LogP contribution is 2.23. The van der Waals surface area contributed by atoms with Crippen molar-refractivity contribution in [2.75, 3.05) is 6.61 Å².